The summed E-state index contributed by atoms with van der Waals surface area (Å²) in [6, 6.07) is 9.12. The van der Waals surface area contributed by atoms with Gasteiger partial charge in [-0.25, -0.2) is 4.39 Å². The summed E-state index contributed by atoms with van der Waals surface area (Å²) in [6.45, 7) is -0.151. The summed E-state index contributed by atoms with van der Waals surface area (Å²) >= 11 is 9.19. The van der Waals surface area contributed by atoms with E-state index < -0.39 is 5.82 Å². The summed E-state index contributed by atoms with van der Waals surface area (Å²) in [5, 5.41) is 9.39. The Morgan fingerprint density at radius 3 is 2.61 bits per heavy atom. The molecule has 0 aliphatic carbocycles. The van der Waals surface area contributed by atoms with Crippen molar-refractivity contribution in [3.63, 3.8) is 0 Å². The zero-order chi connectivity index (χ0) is 13.1. The van der Waals surface area contributed by atoms with Crippen LogP contribution in [0.4, 0.5) is 4.39 Å². The fourth-order valence-corrected chi connectivity index (χ4v) is 1.98. The molecule has 0 atom stereocenters. The second-order valence-electron chi connectivity index (χ2n) is 3.59. The van der Waals surface area contributed by atoms with E-state index in [9.17, 15) is 9.50 Å². The van der Waals surface area contributed by atoms with Crippen LogP contribution in [0.2, 0.25) is 5.02 Å². The van der Waals surface area contributed by atoms with E-state index in [1.165, 1.54) is 18.2 Å². The molecule has 0 amide bonds. The Morgan fingerprint density at radius 1 is 1.17 bits per heavy atom. The molecule has 2 aromatic carbocycles. The Kier molecular flexibility index (Phi) is 4.22. The Hall–Kier alpha value is -1.10. The molecule has 2 aromatic rings. The number of hydrogen-bond acceptors (Lipinski definition) is 2. The molecule has 0 spiro atoms. The Bertz CT molecular complexity index is 575. The van der Waals surface area contributed by atoms with Crippen LogP contribution in [0.25, 0.3) is 0 Å². The Morgan fingerprint density at radius 2 is 1.94 bits per heavy atom. The largest absolute Gasteiger partial charge is 0.455 e. The third-order valence-electron chi connectivity index (χ3n) is 2.31. The van der Waals surface area contributed by atoms with Gasteiger partial charge in [0.25, 0.3) is 0 Å². The van der Waals surface area contributed by atoms with Crippen LogP contribution in [-0.4, -0.2) is 5.11 Å². The number of aliphatic hydroxyl groups is 1. The molecule has 0 fully saturated rings. The van der Waals surface area contributed by atoms with Crippen LogP contribution in [0.3, 0.4) is 0 Å². The minimum Gasteiger partial charge on any atom is -0.455 e. The van der Waals surface area contributed by atoms with Crippen LogP contribution in [0.5, 0.6) is 11.5 Å². The maximum Gasteiger partial charge on any atom is 0.146 e. The molecule has 0 radical (unpaired) electrons. The molecule has 2 nitrogen and oxygen atoms in total. The maximum absolute atomic E-state index is 12.9. The van der Waals surface area contributed by atoms with Gasteiger partial charge >= 0.3 is 0 Å². The first-order valence-corrected chi connectivity index (χ1v) is 6.29. The van der Waals surface area contributed by atoms with Crippen LogP contribution < -0.4 is 4.74 Å². The lowest BCUT2D eigenvalue weighted by atomic mass is 10.2. The molecule has 0 saturated carbocycles. The van der Waals surface area contributed by atoms with Crippen LogP contribution in [0, 0.1) is 5.82 Å². The lowest BCUT2D eigenvalue weighted by Gasteiger charge is -2.11. The summed E-state index contributed by atoms with van der Waals surface area (Å²) in [5.41, 5.74) is 0.624. The average Bonchev–Trinajstić information content (AvgIpc) is 2.33. The summed E-state index contributed by atoms with van der Waals surface area (Å²) in [4.78, 5) is 0. The minimum atomic E-state index is -0.427. The highest BCUT2D eigenvalue weighted by molar-refractivity contribution is 9.10. The van der Waals surface area contributed by atoms with Crippen molar-refractivity contribution in [3.8, 4) is 11.5 Å². The molecule has 0 unspecified atom stereocenters. The molecule has 1 N–H and O–H groups in total. The molecule has 0 saturated heterocycles. The highest BCUT2D eigenvalue weighted by Gasteiger charge is 2.08. The number of hydrogen-bond donors (Lipinski definition) is 1. The summed E-state index contributed by atoms with van der Waals surface area (Å²) in [6.07, 6.45) is 0. The van der Waals surface area contributed by atoms with Gasteiger partial charge in [0.2, 0.25) is 0 Å². The molecule has 0 aliphatic heterocycles. The van der Waals surface area contributed by atoms with Crippen molar-refractivity contribution in [3.05, 3.63) is 57.3 Å². The van der Waals surface area contributed by atoms with E-state index in [1.807, 2.05) is 0 Å². The zero-order valence-corrected chi connectivity index (χ0v) is 11.5. The number of rotatable bonds is 3. The van der Waals surface area contributed by atoms with E-state index in [-0.39, 0.29) is 11.6 Å². The fraction of sp³-hybridized carbons (Fsp3) is 0.0769. The van der Waals surface area contributed by atoms with Crippen LogP contribution >= 0.6 is 27.5 Å². The van der Waals surface area contributed by atoms with Gasteiger partial charge < -0.3 is 9.84 Å². The molecule has 5 heteroatoms. The van der Waals surface area contributed by atoms with Crippen LogP contribution in [0.1, 0.15) is 5.56 Å². The van der Waals surface area contributed by atoms with Gasteiger partial charge in [0.05, 0.1) is 11.6 Å². The van der Waals surface area contributed by atoms with Gasteiger partial charge in [-0.2, -0.15) is 0 Å². The number of halogens is 3. The van der Waals surface area contributed by atoms with E-state index >= 15 is 0 Å². The number of aliphatic hydroxyl groups excluding tert-OH is 1. The van der Waals surface area contributed by atoms with Crippen molar-refractivity contribution < 1.29 is 14.2 Å². The van der Waals surface area contributed by atoms with Gasteiger partial charge in [-0.15, -0.1) is 0 Å². The van der Waals surface area contributed by atoms with Crippen molar-refractivity contribution in [2.75, 3.05) is 0 Å². The normalized spacial score (nSPS) is 10.4. The first-order valence-electron chi connectivity index (χ1n) is 5.12. The lowest BCUT2D eigenvalue weighted by molar-refractivity contribution is 0.276. The molecular weight excluding hydrogens is 322 g/mol. The topological polar surface area (TPSA) is 29.5 Å². The molecule has 0 bridgehead atoms. The second kappa shape index (κ2) is 5.69. The quantitative estimate of drug-likeness (QED) is 0.895. The predicted molar refractivity (Wildman–Crippen MR) is 71.5 cm³/mol. The SMILES string of the molecule is OCc1ccc(Br)cc1Oc1ccc(F)cc1Cl. The molecule has 0 heterocycles. The standard InChI is InChI=1S/C13H9BrClFO2/c14-9-2-1-8(7-17)13(5-9)18-12-4-3-10(16)6-11(12)15/h1-6,17H,7H2. The Labute approximate surface area is 117 Å². The maximum atomic E-state index is 12.9. The molecular formula is C13H9BrClFO2. The summed E-state index contributed by atoms with van der Waals surface area (Å²) in [7, 11) is 0. The van der Waals surface area contributed by atoms with Crippen molar-refractivity contribution in [2.45, 2.75) is 6.61 Å². The van der Waals surface area contributed by atoms with Gasteiger partial charge in [0.1, 0.15) is 17.3 Å². The first-order chi connectivity index (χ1) is 8.60. The average molecular weight is 332 g/mol. The Balaban J connectivity index is 2.36. The van der Waals surface area contributed by atoms with E-state index in [0.717, 1.165) is 4.47 Å². The van der Waals surface area contributed by atoms with Gasteiger partial charge in [-0.3, -0.25) is 0 Å². The van der Waals surface area contributed by atoms with Crippen LogP contribution in [-0.2, 0) is 6.61 Å². The third kappa shape index (κ3) is 3.02. The second-order valence-corrected chi connectivity index (χ2v) is 4.91. The first kappa shape index (κ1) is 13.3. The monoisotopic (exact) mass is 330 g/mol. The van der Waals surface area contributed by atoms with Gasteiger partial charge in [0.15, 0.2) is 0 Å². The predicted octanol–water partition coefficient (Wildman–Crippen LogP) is 4.53. The summed E-state index contributed by atoms with van der Waals surface area (Å²) < 4.78 is 19.3. The third-order valence-corrected chi connectivity index (χ3v) is 3.10. The highest BCUT2D eigenvalue weighted by atomic mass is 79.9. The van der Waals surface area contributed by atoms with Crippen molar-refractivity contribution in [2.24, 2.45) is 0 Å². The minimum absolute atomic E-state index is 0.151. The van der Waals surface area contributed by atoms with Gasteiger partial charge in [-0.1, -0.05) is 33.6 Å². The van der Waals surface area contributed by atoms with Crippen molar-refractivity contribution >= 4 is 27.5 Å². The molecule has 18 heavy (non-hydrogen) atoms. The fourth-order valence-electron chi connectivity index (χ4n) is 1.43. The highest BCUT2D eigenvalue weighted by Crippen LogP contribution is 2.33. The van der Waals surface area contributed by atoms with E-state index in [0.29, 0.717) is 17.1 Å². The lowest BCUT2D eigenvalue weighted by Crippen LogP contribution is -1.92. The molecule has 2 rings (SSSR count). The van der Waals surface area contributed by atoms with Crippen molar-refractivity contribution in [1.29, 1.82) is 0 Å². The molecule has 0 aromatic heterocycles. The van der Waals surface area contributed by atoms with E-state index in [4.69, 9.17) is 16.3 Å². The van der Waals surface area contributed by atoms with E-state index in [1.54, 1.807) is 18.2 Å². The smallest absolute Gasteiger partial charge is 0.146 e. The zero-order valence-electron chi connectivity index (χ0n) is 9.16. The number of benzene rings is 2. The van der Waals surface area contributed by atoms with Crippen molar-refractivity contribution in [1.82, 2.24) is 0 Å². The van der Waals surface area contributed by atoms with Crippen LogP contribution in [0.15, 0.2) is 40.9 Å². The molecule has 94 valence electrons. The number of ether oxygens (including phenoxy) is 1. The molecule has 0 aliphatic rings. The van der Waals surface area contributed by atoms with E-state index in [2.05, 4.69) is 15.9 Å². The summed E-state index contributed by atoms with van der Waals surface area (Å²) in [5.74, 6) is 0.384. The van der Waals surface area contributed by atoms with Gasteiger partial charge in [0, 0.05) is 10.0 Å². The van der Waals surface area contributed by atoms with Gasteiger partial charge in [-0.05, 0) is 30.3 Å².